The molecule has 1 unspecified atom stereocenters. The van der Waals surface area contributed by atoms with Gasteiger partial charge >= 0.3 is 0 Å². The van der Waals surface area contributed by atoms with Crippen LogP contribution in [0.2, 0.25) is 0 Å². The topological polar surface area (TPSA) is 35.6 Å². The summed E-state index contributed by atoms with van der Waals surface area (Å²) < 4.78 is 7.47. The lowest BCUT2D eigenvalue weighted by atomic mass is 9.77. The van der Waals surface area contributed by atoms with E-state index in [2.05, 4.69) is 221 Å². The van der Waals surface area contributed by atoms with Crippen LogP contribution in [-0.2, 0) is 6.42 Å². The average molecular weight is 847 g/mol. The van der Waals surface area contributed by atoms with Gasteiger partial charge < -0.3 is 4.57 Å². The normalized spacial score (nSPS) is 13.6. The Bertz CT molecular complexity index is 4030. The van der Waals surface area contributed by atoms with E-state index in [1.165, 1.54) is 92.1 Å². The van der Waals surface area contributed by atoms with Gasteiger partial charge in [0, 0.05) is 70.1 Å². The second kappa shape index (κ2) is 14.2. The van der Waals surface area contributed by atoms with Gasteiger partial charge in [0.1, 0.15) is 0 Å². The third-order valence-corrected chi connectivity index (χ3v) is 15.0. The van der Waals surface area contributed by atoms with E-state index < -0.39 is 0 Å². The maximum atomic E-state index is 5.53. The molecule has 4 aromatic heterocycles. The van der Waals surface area contributed by atoms with Crippen LogP contribution in [0.3, 0.4) is 0 Å². The first kappa shape index (κ1) is 36.4. The van der Waals surface area contributed by atoms with Crippen LogP contribution in [-0.4, -0.2) is 19.1 Å². The van der Waals surface area contributed by atoms with Crippen LogP contribution in [0.4, 0.5) is 0 Å². The van der Waals surface area contributed by atoms with E-state index in [-0.39, 0.29) is 5.92 Å². The lowest BCUT2D eigenvalue weighted by molar-refractivity contribution is 0.749. The monoisotopic (exact) mass is 846 g/mol. The Hall–Kier alpha value is -8.12. The van der Waals surface area contributed by atoms with Crippen molar-refractivity contribution in [3.8, 4) is 45.1 Å². The van der Waals surface area contributed by atoms with Crippen LogP contribution < -0.4 is 0 Å². The number of para-hydroxylation sites is 3. The number of hydrogen-bond donors (Lipinski definition) is 0. The first-order valence-corrected chi connectivity index (χ1v) is 23.2. The third kappa shape index (κ3) is 5.49. The van der Waals surface area contributed by atoms with Crippen molar-refractivity contribution in [2.45, 2.75) is 12.3 Å². The smallest absolute Gasteiger partial charge is 0.235 e. The Labute approximate surface area is 379 Å². The summed E-state index contributed by atoms with van der Waals surface area (Å²) in [6.07, 6.45) is 0.791. The minimum absolute atomic E-state index is 0.0911. The molecule has 0 saturated carbocycles. The third-order valence-electron chi connectivity index (χ3n) is 13.7. The summed E-state index contributed by atoms with van der Waals surface area (Å²) in [5, 5.41) is 7.48. The van der Waals surface area contributed by atoms with Gasteiger partial charge in [-0.15, -0.1) is 11.3 Å². The molecule has 13 aromatic rings. The second-order valence-corrected chi connectivity index (χ2v) is 18.3. The Morgan fingerprint density at radius 2 is 1.12 bits per heavy atom. The predicted molar refractivity (Wildman–Crippen MR) is 272 cm³/mol. The first-order chi connectivity index (χ1) is 32.2. The molecule has 0 amide bonds. The van der Waals surface area contributed by atoms with Crippen molar-refractivity contribution in [1.82, 2.24) is 19.1 Å². The molecule has 1 aliphatic rings. The van der Waals surface area contributed by atoms with Gasteiger partial charge in [-0.2, -0.15) is 0 Å². The standard InChI is InChI=1S/C60H38N4S/c1-3-15-37(16-4-1)38-27-29-39(30-28-38)58-46-22-9-12-24-50(46)61-60(62-58)64-51-25-13-10-23-47(51)56-44-21-8-7-19-42(44)48(36-54(56)64)40-31-33-52-49(35-40)57-53(63(52)41-17-5-2-6-18-41)34-32-45-43-20-11-14-26-55(43)65-59(45)57/h1-35,48H,36H2. The molecule has 4 heterocycles. The van der Waals surface area contributed by atoms with Crippen LogP contribution in [0.5, 0.6) is 0 Å². The van der Waals surface area contributed by atoms with E-state index in [0.717, 1.165) is 34.1 Å². The summed E-state index contributed by atoms with van der Waals surface area (Å²) in [6, 6.07) is 77.2. The van der Waals surface area contributed by atoms with E-state index in [4.69, 9.17) is 9.97 Å². The van der Waals surface area contributed by atoms with Crippen molar-refractivity contribution < 1.29 is 0 Å². The minimum atomic E-state index is 0.0911. The number of rotatable bonds is 5. The van der Waals surface area contributed by atoms with Gasteiger partial charge in [0.25, 0.3) is 0 Å². The Kier molecular flexibility index (Phi) is 7.94. The Balaban J connectivity index is 0.984. The second-order valence-electron chi connectivity index (χ2n) is 17.2. The molecule has 1 atom stereocenters. The van der Waals surface area contributed by atoms with Crippen LogP contribution in [0.25, 0.3) is 109 Å². The molecule has 0 radical (unpaired) electrons. The lowest BCUT2D eigenvalue weighted by Crippen LogP contribution is -2.16. The van der Waals surface area contributed by atoms with E-state index in [0.29, 0.717) is 5.95 Å². The molecular weight excluding hydrogens is 809 g/mol. The number of fused-ring (bicyclic) bond motifs is 13. The molecule has 14 rings (SSSR count). The highest BCUT2D eigenvalue weighted by Crippen LogP contribution is 2.50. The Morgan fingerprint density at radius 3 is 1.98 bits per heavy atom. The predicted octanol–water partition coefficient (Wildman–Crippen LogP) is 15.7. The largest absolute Gasteiger partial charge is 0.309 e. The maximum Gasteiger partial charge on any atom is 0.235 e. The van der Waals surface area contributed by atoms with Crippen molar-refractivity contribution in [2.75, 3.05) is 0 Å². The molecule has 0 aliphatic heterocycles. The number of nitrogens with zero attached hydrogens (tertiary/aromatic N) is 4. The molecule has 1 aliphatic carbocycles. The van der Waals surface area contributed by atoms with Crippen LogP contribution >= 0.6 is 11.3 Å². The molecule has 65 heavy (non-hydrogen) atoms. The van der Waals surface area contributed by atoms with Gasteiger partial charge in [0.15, 0.2) is 0 Å². The van der Waals surface area contributed by atoms with Gasteiger partial charge in [-0.05, 0) is 82.8 Å². The summed E-state index contributed by atoms with van der Waals surface area (Å²) in [6.45, 7) is 0. The van der Waals surface area contributed by atoms with Gasteiger partial charge in [-0.25, -0.2) is 9.97 Å². The number of aromatic nitrogens is 4. The number of hydrogen-bond acceptors (Lipinski definition) is 3. The Morgan fingerprint density at radius 1 is 0.462 bits per heavy atom. The molecule has 0 N–H and O–H groups in total. The minimum Gasteiger partial charge on any atom is -0.309 e. The molecule has 5 heteroatoms. The van der Waals surface area contributed by atoms with Crippen molar-refractivity contribution in [1.29, 1.82) is 0 Å². The summed E-state index contributed by atoms with van der Waals surface area (Å²) in [7, 11) is 0. The highest BCUT2D eigenvalue weighted by atomic mass is 32.1. The van der Waals surface area contributed by atoms with Gasteiger partial charge in [0.2, 0.25) is 5.95 Å². The zero-order valence-corrected chi connectivity index (χ0v) is 36.0. The molecule has 9 aromatic carbocycles. The molecule has 0 bridgehead atoms. The molecule has 304 valence electrons. The quantitative estimate of drug-likeness (QED) is 0.173. The highest BCUT2D eigenvalue weighted by molar-refractivity contribution is 7.26. The fourth-order valence-corrected chi connectivity index (χ4v) is 12.1. The summed E-state index contributed by atoms with van der Waals surface area (Å²) in [4.78, 5) is 10.9. The molecule has 0 fully saturated rings. The van der Waals surface area contributed by atoms with Crippen LogP contribution in [0, 0.1) is 0 Å². The molecule has 0 spiro atoms. The van der Waals surface area contributed by atoms with Crippen LogP contribution in [0.15, 0.2) is 212 Å². The van der Waals surface area contributed by atoms with Crippen LogP contribution in [0.1, 0.15) is 22.7 Å². The highest BCUT2D eigenvalue weighted by Gasteiger charge is 2.33. The van der Waals surface area contributed by atoms with E-state index in [1.807, 2.05) is 11.3 Å². The summed E-state index contributed by atoms with van der Waals surface area (Å²) in [5.74, 6) is 0.781. The van der Waals surface area contributed by atoms with Crippen molar-refractivity contribution in [3.63, 3.8) is 0 Å². The van der Waals surface area contributed by atoms with E-state index in [1.54, 1.807) is 0 Å². The number of benzene rings is 9. The molecule has 0 saturated heterocycles. The lowest BCUT2D eigenvalue weighted by Gasteiger charge is -2.28. The van der Waals surface area contributed by atoms with E-state index in [9.17, 15) is 0 Å². The first-order valence-electron chi connectivity index (χ1n) is 22.3. The van der Waals surface area contributed by atoms with Gasteiger partial charge in [-0.1, -0.05) is 164 Å². The van der Waals surface area contributed by atoms with Crippen molar-refractivity contribution in [3.05, 3.63) is 229 Å². The van der Waals surface area contributed by atoms with Gasteiger partial charge in [0.05, 0.1) is 27.8 Å². The fraction of sp³-hybridized carbons (Fsp3) is 0.0333. The summed E-state index contributed by atoms with van der Waals surface area (Å²) in [5.41, 5.74) is 16.4. The zero-order valence-electron chi connectivity index (χ0n) is 35.2. The average Bonchev–Trinajstić information content (AvgIpc) is 4.04. The zero-order chi connectivity index (χ0) is 42.6. The van der Waals surface area contributed by atoms with Gasteiger partial charge in [-0.3, -0.25) is 4.57 Å². The summed E-state index contributed by atoms with van der Waals surface area (Å²) >= 11 is 1.91. The van der Waals surface area contributed by atoms with Crippen molar-refractivity contribution in [2.24, 2.45) is 0 Å². The van der Waals surface area contributed by atoms with E-state index >= 15 is 0 Å². The molecule has 4 nitrogen and oxygen atoms in total. The maximum absolute atomic E-state index is 5.53. The number of thiophene rings is 1. The molecular formula is C60H38N4S. The van der Waals surface area contributed by atoms with Crippen molar-refractivity contribution >= 4 is 75.1 Å². The fourth-order valence-electron chi connectivity index (χ4n) is 10.9. The SMILES string of the molecule is c1ccc(-c2ccc(-c3nc(-n4c5c(c6ccccc64)-c4ccccc4C(c4ccc6c(c4)c4c7sc8ccccc8c7ccc4n6-c4ccccc4)C5)nc4ccccc34)cc2)cc1.